The summed E-state index contributed by atoms with van der Waals surface area (Å²) in [5.41, 5.74) is 0. The third-order valence-corrected chi connectivity index (χ3v) is 12.0. The molecule has 0 rings (SSSR count). The van der Waals surface area contributed by atoms with Crippen LogP contribution in [0.15, 0.2) is 0 Å². The Bertz CT molecular complexity index is 815. The quantitative estimate of drug-likeness (QED) is 0.0491. The van der Waals surface area contributed by atoms with E-state index in [4.69, 9.17) is 4.52 Å². The first-order chi connectivity index (χ1) is 23.4. The Morgan fingerprint density at radius 3 is 0.940 bits per heavy atom. The molecule has 0 saturated carbocycles. The fraction of sp³-hybridized carbons (Fsp3) is 1.00. The number of hydrogen-bond acceptors (Lipinski definition) is 4. The van der Waals surface area contributed by atoms with Crippen molar-refractivity contribution in [3.05, 3.63) is 0 Å². The first-order valence-corrected chi connectivity index (χ1v) is 23.0. The van der Waals surface area contributed by atoms with Crippen LogP contribution in [-0.2, 0) is 9.09 Å². The third-order valence-electron chi connectivity index (χ3n) is 11.5. The summed E-state index contributed by atoms with van der Waals surface area (Å²) in [6, 6.07) is 0. The van der Waals surface area contributed by atoms with Crippen molar-refractivity contribution in [3.63, 3.8) is 0 Å². The fourth-order valence-electron chi connectivity index (χ4n) is 7.66. The molecule has 7 heteroatoms. The molecular formula is C43H89O6P. The van der Waals surface area contributed by atoms with Crippen LogP contribution in [0, 0.1) is 47.3 Å². The molecule has 0 spiro atoms. The highest BCUT2D eigenvalue weighted by molar-refractivity contribution is 7.46. The molecule has 9 atom stereocenters. The Morgan fingerprint density at radius 2 is 0.660 bits per heavy atom. The molecule has 0 aliphatic carbocycles. The number of phosphoric acid groups is 1. The van der Waals surface area contributed by atoms with E-state index in [1.165, 1.54) is 96.3 Å². The van der Waals surface area contributed by atoms with Gasteiger partial charge in [0.15, 0.2) is 0 Å². The van der Waals surface area contributed by atoms with E-state index in [2.05, 4.69) is 69.2 Å². The second-order valence-electron chi connectivity index (χ2n) is 18.4. The summed E-state index contributed by atoms with van der Waals surface area (Å²) >= 11 is 0. The van der Waals surface area contributed by atoms with Gasteiger partial charge in [0, 0.05) is 0 Å². The summed E-state index contributed by atoms with van der Waals surface area (Å²) < 4.78 is 16.8. The lowest BCUT2D eigenvalue weighted by Crippen LogP contribution is -2.39. The molecule has 0 aromatic rings. The van der Waals surface area contributed by atoms with E-state index in [1.54, 1.807) is 0 Å². The Morgan fingerprint density at radius 1 is 0.400 bits per heavy atom. The van der Waals surface area contributed by atoms with Crippen LogP contribution >= 0.6 is 7.82 Å². The van der Waals surface area contributed by atoms with Gasteiger partial charge in [-0.05, 0) is 73.0 Å². The Kier molecular flexibility index (Phi) is 29.4. The monoisotopic (exact) mass is 733 g/mol. The lowest BCUT2D eigenvalue weighted by Gasteiger charge is -2.28. The maximum absolute atomic E-state index is 11.7. The lowest BCUT2D eigenvalue weighted by molar-refractivity contribution is -0.0646. The lowest BCUT2D eigenvalue weighted by atomic mass is 9.89. The average Bonchev–Trinajstić information content (AvgIpc) is 3.00. The molecule has 0 aliphatic heterocycles. The fourth-order valence-corrected chi connectivity index (χ4v) is 8.24. The van der Waals surface area contributed by atoms with E-state index >= 15 is 0 Å². The minimum Gasteiger partial charge on any atom is -0.390 e. The van der Waals surface area contributed by atoms with Gasteiger partial charge in [-0.15, -0.1) is 0 Å². The van der Waals surface area contributed by atoms with E-state index in [0.717, 1.165) is 55.3 Å². The minimum absolute atomic E-state index is 0.318. The molecule has 302 valence electrons. The SMILES string of the molecule is CC(C)CCCC(C)CCCC(C)CCCC(C)CCC(O)C(O)C(CCC(C)CCCC(C)CCCC(C)CCCC(C)C)OP(=O)(O)O. The molecule has 0 heterocycles. The zero-order valence-electron chi connectivity index (χ0n) is 35.0. The summed E-state index contributed by atoms with van der Waals surface area (Å²) in [5.74, 6) is 5.48. The normalized spacial score (nSPS) is 18.2. The van der Waals surface area contributed by atoms with E-state index in [0.29, 0.717) is 37.0 Å². The summed E-state index contributed by atoms with van der Waals surface area (Å²) in [4.78, 5) is 19.1. The third kappa shape index (κ3) is 30.5. The number of aliphatic hydroxyl groups excluding tert-OH is 2. The molecule has 6 nitrogen and oxygen atoms in total. The van der Waals surface area contributed by atoms with Crippen molar-refractivity contribution in [1.29, 1.82) is 0 Å². The van der Waals surface area contributed by atoms with E-state index in [9.17, 15) is 24.6 Å². The van der Waals surface area contributed by atoms with Gasteiger partial charge in [0.1, 0.15) is 6.10 Å². The van der Waals surface area contributed by atoms with Gasteiger partial charge < -0.3 is 20.0 Å². The molecule has 9 unspecified atom stereocenters. The molecule has 0 aromatic heterocycles. The highest BCUT2D eigenvalue weighted by atomic mass is 31.2. The smallest absolute Gasteiger partial charge is 0.390 e. The van der Waals surface area contributed by atoms with Crippen molar-refractivity contribution >= 4 is 7.82 Å². The number of hydrogen-bond donors (Lipinski definition) is 4. The molecule has 4 N–H and O–H groups in total. The summed E-state index contributed by atoms with van der Waals surface area (Å²) in [6.07, 6.45) is 21.5. The number of aliphatic hydroxyl groups is 2. The molecule has 0 aromatic carbocycles. The first-order valence-electron chi connectivity index (χ1n) is 21.5. The van der Waals surface area contributed by atoms with Gasteiger partial charge in [0.05, 0.1) is 12.2 Å². The van der Waals surface area contributed by atoms with Crippen LogP contribution in [0.25, 0.3) is 0 Å². The van der Waals surface area contributed by atoms with Gasteiger partial charge in [-0.25, -0.2) is 4.57 Å². The highest BCUT2D eigenvalue weighted by Gasteiger charge is 2.33. The number of rotatable bonds is 34. The molecule has 0 bridgehead atoms. The van der Waals surface area contributed by atoms with Gasteiger partial charge in [-0.3, -0.25) is 4.52 Å². The van der Waals surface area contributed by atoms with Crippen LogP contribution in [0.1, 0.15) is 210 Å². The number of phosphoric ester groups is 1. The Labute approximate surface area is 312 Å². The maximum Gasteiger partial charge on any atom is 0.469 e. The molecule has 0 radical (unpaired) electrons. The van der Waals surface area contributed by atoms with Crippen molar-refractivity contribution in [3.8, 4) is 0 Å². The van der Waals surface area contributed by atoms with E-state index < -0.39 is 26.1 Å². The van der Waals surface area contributed by atoms with Gasteiger partial charge in [-0.2, -0.15) is 0 Å². The summed E-state index contributed by atoms with van der Waals surface area (Å²) in [7, 11) is -4.80. The minimum atomic E-state index is -4.80. The molecule has 0 fully saturated rings. The van der Waals surface area contributed by atoms with Crippen LogP contribution in [0.5, 0.6) is 0 Å². The second kappa shape index (κ2) is 29.4. The first kappa shape index (κ1) is 50.0. The predicted molar refractivity (Wildman–Crippen MR) is 215 cm³/mol. The van der Waals surface area contributed by atoms with Crippen LogP contribution in [0.2, 0.25) is 0 Å². The zero-order valence-corrected chi connectivity index (χ0v) is 35.9. The van der Waals surface area contributed by atoms with E-state index in [-0.39, 0.29) is 0 Å². The van der Waals surface area contributed by atoms with Gasteiger partial charge >= 0.3 is 7.82 Å². The van der Waals surface area contributed by atoms with E-state index in [1.807, 2.05) is 0 Å². The van der Waals surface area contributed by atoms with Crippen LogP contribution in [0.4, 0.5) is 0 Å². The van der Waals surface area contributed by atoms with Gasteiger partial charge in [0.25, 0.3) is 0 Å². The van der Waals surface area contributed by atoms with Crippen LogP contribution in [0.3, 0.4) is 0 Å². The Balaban J connectivity index is 4.40. The maximum atomic E-state index is 11.7. The molecule has 0 saturated heterocycles. The van der Waals surface area contributed by atoms with Crippen molar-refractivity contribution in [1.82, 2.24) is 0 Å². The molecule has 50 heavy (non-hydrogen) atoms. The van der Waals surface area contributed by atoms with Crippen molar-refractivity contribution in [2.24, 2.45) is 47.3 Å². The molecule has 0 aliphatic rings. The van der Waals surface area contributed by atoms with Crippen molar-refractivity contribution in [2.45, 2.75) is 229 Å². The van der Waals surface area contributed by atoms with Crippen molar-refractivity contribution in [2.75, 3.05) is 0 Å². The highest BCUT2D eigenvalue weighted by Crippen LogP contribution is 2.40. The zero-order chi connectivity index (χ0) is 38.1. The standard InChI is InChI=1S/C43H89O6P/c1-33(2)17-11-19-35(5)21-13-23-37(7)25-15-27-39(9)29-31-41(44)43(45)42(49-50(46,47)48)32-30-40(10)28-16-26-38(8)24-14-22-36(6)20-12-18-34(3)4/h33-45H,11-32H2,1-10H3,(H2,46,47,48). The van der Waals surface area contributed by atoms with Crippen LogP contribution in [-0.4, -0.2) is 38.3 Å². The molecule has 0 amide bonds. The topological polar surface area (TPSA) is 107 Å². The largest absolute Gasteiger partial charge is 0.469 e. The summed E-state index contributed by atoms with van der Waals surface area (Å²) in [6.45, 7) is 23.1. The predicted octanol–water partition coefficient (Wildman–Crippen LogP) is 12.9. The summed E-state index contributed by atoms with van der Waals surface area (Å²) in [5, 5.41) is 21.8. The van der Waals surface area contributed by atoms with Crippen molar-refractivity contribution < 1.29 is 29.1 Å². The molecular weight excluding hydrogens is 643 g/mol. The van der Waals surface area contributed by atoms with Gasteiger partial charge in [-0.1, -0.05) is 185 Å². The average molecular weight is 733 g/mol. The van der Waals surface area contributed by atoms with Gasteiger partial charge in [0.2, 0.25) is 0 Å². The van der Waals surface area contributed by atoms with Crippen LogP contribution < -0.4 is 0 Å². The Hall–Kier alpha value is 0.0300. The second-order valence-corrected chi connectivity index (χ2v) is 19.5.